The molecule has 0 bridgehead atoms. The highest BCUT2D eigenvalue weighted by Crippen LogP contribution is 2.34. The third-order valence-corrected chi connectivity index (χ3v) is 7.53. The van der Waals surface area contributed by atoms with Gasteiger partial charge in [-0.15, -0.1) is 0 Å². The number of morpholine rings is 1. The van der Waals surface area contributed by atoms with Crippen LogP contribution in [0.4, 0.5) is 5.69 Å². The minimum Gasteiger partial charge on any atom is -0.379 e. The number of carbonyl (C=O) groups is 1. The molecule has 0 saturated carbocycles. The van der Waals surface area contributed by atoms with Gasteiger partial charge in [-0.3, -0.25) is 14.6 Å². The van der Waals surface area contributed by atoms with Crippen LogP contribution < -0.4 is 4.90 Å². The normalized spacial score (nSPS) is 25.5. The molecule has 1 unspecified atom stereocenters. The van der Waals surface area contributed by atoms with E-state index in [-0.39, 0.29) is 5.91 Å². The van der Waals surface area contributed by atoms with Crippen molar-refractivity contribution < 1.29 is 9.53 Å². The van der Waals surface area contributed by atoms with Crippen molar-refractivity contribution in [3.8, 4) is 0 Å². The van der Waals surface area contributed by atoms with E-state index in [4.69, 9.17) is 4.74 Å². The molecule has 164 valence electrons. The van der Waals surface area contributed by atoms with Crippen molar-refractivity contribution in [2.75, 3.05) is 77.0 Å². The van der Waals surface area contributed by atoms with Crippen LogP contribution in [0.3, 0.4) is 0 Å². The fraction of sp³-hybridized carbons (Fsp3) is 0.708. The maximum atomic E-state index is 13.3. The second kappa shape index (κ2) is 9.25. The Bertz CT molecular complexity index is 749. The number of para-hydroxylation sites is 1. The molecule has 30 heavy (non-hydrogen) atoms. The standard InChI is InChI=1S/C24H36N4O2/c29-24-22-6-3-4-20-7-11-27(23(20)22)13-15-28(24)14-12-26-9-2-1-5-21(26)8-10-25-16-18-30-19-17-25/h3-4,6,21H,1-2,5,7-19H2. The first kappa shape index (κ1) is 20.3. The van der Waals surface area contributed by atoms with Crippen LogP contribution in [-0.4, -0.2) is 98.8 Å². The zero-order valence-electron chi connectivity index (χ0n) is 18.2. The Morgan fingerprint density at radius 3 is 2.73 bits per heavy atom. The molecule has 6 heteroatoms. The van der Waals surface area contributed by atoms with Crippen molar-refractivity contribution in [3.05, 3.63) is 29.3 Å². The molecule has 0 N–H and O–H groups in total. The number of ether oxygens (including phenoxy) is 1. The van der Waals surface area contributed by atoms with Gasteiger partial charge in [-0.05, 0) is 50.4 Å². The molecule has 4 aliphatic rings. The smallest absolute Gasteiger partial charge is 0.256 e. The molecule has 1 amide bonds. The van der Waals surface area contributed by atoms with Gasteiger partial charge >= 0.3 is 0 Å². The Kier molecular flexibility index (Phi) is 6.25. The van der Waals surface area contributed by atoms with E-state index in [1.54, 1.807) is 0 Å². The first-order valence-electron chi connectivity index (χ1n) is 12.0. The fourth-order valence-corrected chi connectivity index (χ4v) is 5.74. The number of piperidine rings is 1. The molecule has 5 rings (SSSR count). The number of anilines is 1. The molecular weight excluding hydrogens is 376 g/mol. The van der Waals surface area contributed by atoms with E-state index in [0.717, 1.165) is 71.0 Å². The Balaban J connectivity index is 1.19. The summed E-state index contributed by atoms with van der Waals surface area (Å²) in [5, 5.41) is 0. The monoisotopic (exact) mass is 412 g/mol. The summed E-state index contributed by atoms with van der Waals surface area (Å²) in [4.78, 5) is 23.1. The predicted octanol–water partition coefficient (Wildman–Crippen LogP) is 2.08. The molecule has 0 aromatic heterocycles. The second-order valence-electron chi connectivity index (χ2n) is 9.27. The van der Waals surface area contributed by atoms with Gasteiger partial charge in [-0.25, -0.2) is 0 Å². The van der Waals surface area contributed by atoms with Crippen molar-refractivity contribution in [1.29, 1.82) is 0 Å². The number of hydrogen-bond donors (Lipinski definition) is 0. The zero-order valence-corrected chi connectivity index (χ0v) is 18.2. The summed E-state index contributed by atoms with van der Waals surface area (Å²) < 4.78 is 5.49. The quantitative estimate of drug-likeness (QED) is 0.715. The number of hydrogen-bond acceptors (Lipinski definition) is 5. The molecule has 0 spiro atoms. The largest absolute Gasteiger partial charge is 0.379 e. The number of benzene rings is 1. The van der Waals surface area contributed by atoms with Crippen molar-refractivity contribution in [3.63, 3.8) is 0 Å². The topological polar surface area (TPSA) is 39.3 Å². The molecule has 1 aromatic carbocycles. The first-order chi connectivity index (χ1) is 14.8. The summed E-state index contributed by atoms with van der Waals surface area (Å²) in [6.45, 7) is 11.0. The van der Waals surface area contributed by atoms with Gasteiger partial charge in [-0.2, -0.15) is 0 Å². The number of amides is 1. The Morgan fingerprint density at radius 1 is 0.933 bits per heavy atom. The van der Waals surface area contributed by atoms with Crippen LogP contribution in [0.2, 0.25) is 0 Å². The molecule has 0 radical (unpaired) electrons. The second-order valence-corrected chi connectivity index (χ2v) is 9.27. The minimum atomic E-state index is 0.234. The van der Waals surface area contributed by atoms with Crippen LogP contribution in [0.5, 0.6) is 0 Å². The fourth-order valence-electron chi connectivity index (χ4n) is 5.74. The molecule has 6 nitrogen and oxygen atoms in total. The van der Waals surface area contributed by atoms with Gasteiger partial charge in [0, 0.05) is 51.9 Å². The van der Waals surface area contributed by atoms with Crippen molar-refractivity contribution in [1.82, 2.24) is 14.7 Å². The van der Waals surface area contributed by atoms with Gasteiger partial charge in [-0.1, -0.05) is 18.6 Å². The molecule has 4 aliphatic heterocycles. The van der Waals surface area contributed by atoms with E-state index in [1.807, 2.05) is 6.07 Å². The molecular formula is C24H36N4O2. The molecule has 4 heterocycles. The lowest BCUT2D eigenvalue weighted by Gasteiger charge is -2.38. The highest BCUT2D eigenvalue weighted by molar-refractivity contribution is 6.01. The summed E-state index contributed by atoms with van der Waals surface area (Å²) >= 11 is 0. The van der Waals surface area contributed by atoms with E-state index in [0.29, 0.717) is 6.04 Å². The van der Waals surface area contributed by atoms with E-state index in [2.05, 4.69) is 31.7 Å². The maximum absolute atomic E-state index is 13.3. The van der Waals surface area contributed by atoms with E-state index in [1.165, 1.54) is 50.0 Å². The molecule has 1 atom stereocenters. The van der Waals surface area contributed by atoms with Crippen molar-refractivity contribution in [2.24, 2.45) is 0 Å². The van der Waals surface area contributed by atoms with Gasteiger partial charge < -0.3 is 14.5 Å². The number of rotatable bonds is 6. The van der Waals surface area contributed by atoms with Gasteiger partial charge in [0.1, 0.15) is 0 Å². The Labute approximate surface area is 180 Å². The van der Waals surface area contributed by atoms with Crippen LogP contribution in [0.25, 0.3) is 0 Å². The number of nitrogens with zero attached hydrogens (tertiary/aromatic N) is 4. The Morgan fingerprint density at radius 2 is 1.83 bits per heavy atom. The lowest BCUT2D eigenvalue weighted by molar-refractivity contribution is 0.0300. The van der Waals surface area contributed by atoms with Gasteiger partial charge in [0.05, 0.1) is 24.5 Å². The minimum absolute atomic E-state index is 0.234. The Hall–Kier alpha value is -1.63. The van der Waals surface area contributed by atoms with Crippen LogP contribution in [-0.2, 0) is 11.2 Å². The maximum Gasteiger partial charge on any atom is 0.256 e. The summed E-state index contributed by atoms with van der Waals surface area (Å²) in [7, 11) is 0. The van der Waals surface area contributed by atoms with Crippen LogP contribution >= 0.6 is 0 Å². The third-order valence-electron chi connectivity index (χ3n) is 7.53. The molecule has 0 aliphatic carbocycles. The predicted molar refractivity (Wildman–Crippen MR) is 119 cm³/mol. The SMILES string of the molecule is O=C1c2cccc3c2N(CC3)CCN1CCN1CCCCC1CCN1CCOCC1. The number of likely N-dealkylation sites (tertiary alicyclic amines) is 1. The number of carbonyl (C=O) groups excluding carboxylic acids is 1. The average molecular weight is 413 g/mol. The average Bonchev–Trinajstić information content (AvgIpc) is 3.16. The van der Waals surface area contributed by atoms with Gasteiger partial charge in [0.2, 0.25) is 0 Å². The highest BCUT2D eigenvalue weighted by Gasteiger charge is 2.32. The zero-order chi connectivity index (χ0) is 20.3. The molecule has 2 fully saturated rings. The van der Waals surface area contributed by atoms with E-state index in [9.17, 15) is 4.79 Å². The lowest BCUT2D eigenvalue weighted by atomic mass is 9.99. The van der Waals surface area contributed by atoms with Gasteiger partial charge in [0.15, 0.2) is 0 Å². The van der Waals surface area contributed by atoms with Crippen LogP contribution in [0.1, 0.15) is 41.6 Å². The third kappa shape index (κ3) is 4.23. The van der Waals surface area contributed by atoms with E-state index < -0.39 is 0 Å². The summed E-state index contributed by atoms with van der Waals surface area (Å²) in [6, 6.07) is 6.95. The van der Waals surface area contributed by atoms with Gasteiger partial charge in [0.25, 0.3) is 5.91 Å². The lowest BCUT2D eigenvalue weighted by Crippen LogP contribution is -2.47. The van der Waals surface area contributed by atoms with E-state index >= 15 is 0 Å². The van der Waals surface area contributed by atoms with Crippen LogP contribution in [0.15, 0.2) is 18.2 Å². The van der Waals surface area contributed by atoms with Crippen molar-refractivity contribution in [2.45, 2.75) is 38.1 Å². The summed E-state index contributed by atoms with van der Waals surface area (Å²) in [5.41, 5.74) is 3.48. The first-order valence-corrected chi connectivity index (χ1v) is 12.0. The molecule has 2 saturated heterocycles. The summed E-state index contributed by atoms with van der Waals surface area (Å²) in [5.74, 6) is 0.234. The van der Waals surface area contributed by atoms with Crippen molar-refractivity contribution >= 4 is 11.6 Å². The van der Waals surface area contributed by atoms with Crippen LogP contribution in [0, 0.1) is 0 Å². The molecule has 1 aromatic rings. The summed E-state index contributed by atoms with van der Waals surface area (Å²) in [6.07, 6.45) is 6.27. The highest BCUT2D eigenvalue weighted by atomic mass is 16.5.